The lowest BCUT2D eigenvalue weighted by molar-refractivity contribution is 0.273. The van der Waals surface area contributed by atoms with Crippen LogP contribution < -0.4 is 16.0 Å². The number of hydrogen-bond donors (Lipinski definition) is 2. The fraction of sp³-hybridized carbons (Fsp3) is 0.632. The third-order valence-corrected chi connectivity index (χ3v) is 4.78. The molecule has 0 saturated carbocycles. The number of aryl methyl sites for hydroxylation is 1. The number of nitrogens with zero attached hydrogens (tertiary/aromatic N) is 3. The summed E-state index contributed by atoms with van der Waals surface area (Å²) in [6, 6.07) is 9.31. The summed E-state index contributed by atoms with van der Waals surface area (Å²) >= 11 is 0. The maximum Gasteiger partial charge on any atom is 0.188 e. The van der Waals surface area contributed by atoms with Gasteiger partial charge in [-0.05, 0) is 56.5 Å². The highest BCUT2D eigenvalue weighted by Crippen LogP contribution is 2.16. The molecule has 0 amide bonds. The number of guanidine groups is 1. The van der Waals surface area contributed by atoms with E-state index in [1.165, 1.54) is 30.6 Å². The predicted octanol–water partition coefficient (Wildman–Crippen LogP) is 2.07. The Morgan fingerprint density at radius 3 is 2.75 bits per heavy atom. The van der Waals surface area contributed by atoms with E-state index in [2.05, 4.69) is 65.4 Å². The first-order valence-corrected chi connectivity index (χ1v) is 9.14. The van der Waals surface area contributed by atoms with Gasteiger partial charge in [-0.25, -0.2) is 0 Å². The van der Waals surface area contributed by atoms with E-state index < -0.39 is 0 Å². The molecule has 5 nitrogen and oxygen atoms in total. The standard InChI is InChI=1S/C19H33N5/c1-4-24-14-6-8-18(24)15-22-19(20)21-13-5-7-16-9-11-17(12-10-16)23(2)3/h9-12,18H,4-8,13-15H2,1-3H3,(H3,20,21,22). The van der Waals surface area contributed by atoms with E-state index in [1.807, 2.05) is 0 Å². The van der Waals surface area contributed by atoms with Crippen LogP contribution in [0.15, 0.2) is 29.3 Å². The molecule has 1 heterocycles. The van der Waals surface area contributed by atoms with Crippen LogP contribution in [0.5, 0.6) is 0 Å². The lowest BCUT2D eigenvalue weighted by Crippen LogP contribution is -2.36. The number of hydrogen-bond acceptors (Lipinski definition) is 3. The van der Waals surface area contributed by atoms with Gasteiger partial charge in [-0.15, -0.1) is 0 Å². The number of likely N-dealkylation sites (N-methyl/N-ethyl adjacent to an activating group) is 1. The van der Waals surface area contributed by atoms with Crippen molar-refractivity contribution >= 4 is 11.6 Å². The van der Waals surface area contributed by atoms with Crippen molar-refractivity contribution in [3.8, 4) is 0 Å². The minimum atomic E-state index is 0.575. The maximum absolute atomic E-state index is 5.99. The van der Waals surface area contributed by atoms with Gasteiger partial charge in [0.25, 0.3) is 0 Å². The second kappa shape index (κ2) is 9.52. The third-order valence-electron chi connectivity index (χ3n) is 4.78. The summed E-state index contributed by atoms with van der Waals surface area (Å²) < 4.78 is 0. The summed E-state index contributed by atoms with van der Waals surface area (Å²) in [7, 11) is 4.12. The molecule has 1 fully saturated rings. The number of anilines is 1. The summed E-state index contributed by atoms with van der Waals surface area (Å²) in [6.45, 7) is 6.22. The molecule has 24 heavy (non-hydrogen) atoms. The number of likely N-dealkylation sites (tertiary alicyclic amines) is 1. The zero-order valence-electron chi connectivity index (χ0n) is 15.5. The van der Waals surface area contributed by atoms with Crippen LogP contribution in [0.1, 0.15) is 31.7 Å². The molecule has 1 aromatic rings. The lowest BCUT2D eigenvalue weighted by Gasteiger charge is -2.20. The van der Waals surface area contributed by atoms with Gasteiger partial charge in [0.15, 0.2) is 5.96 Å². The Balaban J connectivity index is 1.65. The first kappa shape index (κ1) is 18.6. The molecule has 1 atom stereocenters. The van der Waals surface area contributed by atoms with Crippen LogP contribution in [0.3, 0.4) is 0 Å². The Labute approximate surface area is 146 Å². The van der Waals surface area contributed by atoms with Gasteiger partial charge >= 0.3 is 0 Å². The Kier molecular flexibility index (Phi) is 7.37. The van der Waals surface area contributed by atoms with Crippen molar-refractivity contribution in [2.75, 3.05) is 45.2 Å². The molecule has 5 heteroatoms. The third kappa shape index (κ3) is 5.71. The predicted molar refractivity (Wildman–Crippen MR) is 104 cm³/mol. The molecule has 1 saturated heterocycles. The van der Waals surface area contributed by atoms with E-state index in [1.54, 1.807) is 0 Å². The zero-order chi connectivity index (χ0) is 17.4. The van der Waals surface area contributed by atoms with E-state index in [0.29, 0.717) is 12.0 Å². The van der Waals surface area contributed by atoms with Gasteiger partial charge in [-0.1, -0.05) is 19.1 Å². The zero-order valence-corrected chi connectivity index (χ0v) is 15.5. The smallest absolute Gasteiger partial charge is 0.188 e. The summed E-state index contributed by atoms with van der Waals surface area (Å²) in [4.78, 5) is 9.13. The van der Waals surface area contributed by atoms with Crippen molar-refractivity contribution in [2.45, 2.75) is 38.6 Å². The molecule has 3 N–H and O–H groups in total. The Morgan fingerprint density at radius 2 is 2.08 bits per heavy atom. The maximum atomic E-state index is 5.99. The number of rotatable bonds is 8. The first-order valence-electron chi connectivity index (χ1n) is 9.14. The number of aliphatic imine (C=N–C) groups is 1. The van der Waals surface area contributed by atoms with Crippen LogP contribution in [0, 0.1) is 0 Å². The average molecular weight is 332 g/mol. The van der Waals surface area contributed by atoms with Gasteiger partial charge < -0.3 is 16.0 Å². The Hall–Kier alpha value is -1.75. The van der Waals surface area contributed by atoms with Crippen LogP contribution in [0.4, 0.5) is 5.69 Å². The second-order valence-corrected chi connectivity index (χ2v) is 6.74. The number of benzene rings is 1. The summed E-state index contributed by atoms with van der Waals surface area (Å²) in [5, 5.41) is 3.24. The summed E-state index contributed by atoms with van der Waals surface area (Å²) in [6.07, 6.45) is 4.64. The van der Waals surface area contributed by atoms with Gasteiger partial charge in [-0.2, -0.15) is 0 Å². The number of nitrogens with two attached hydrogens (primary N) is 1. The van der Waals surface area contributed by atoms with Crippen molar-refractivity contribution in [3.05, 3.63) is 29.8 Å². The highest BCUT2D eigenvalue weighted by Gasteiger charge is 2.22. The van der Waals surface area contributed by atoms with Crippen molar-refractivity contribution in [1.29, 1.82) is 0 Å². The molecule has 1 aliphatic rings. The molecule has 1 aliphatic heterocycles. The van der Waals surface area contributed by atoms with E-state index >= 15 is 0 Å². The molecule has 0 bridgehead atoms. The lowest BCUT2D eigenvalue weighted by atomic mass is 10.1. The minimum absolute atomic E-state index is 0.575. The first-order chi connectivity index (χ1) is 11.6. The molecule has 0 spiro atoms. The summed E-state index contributed by atoms with van der Waals surface area (Å²) in [5.41, 5.74) is 8.59. The molecule has 1 unspecified atom stereocenters. The molecular weight excluding hydrogens is 298 g/mol. The highest BCUT2D eigenvalue weighted by atomic mass is 15.2. The molecular formula is C19H33N5. The van der Waals surface area contributed by atoms with Crippen molar-refractivity contribution in [2.24, 2.45) is 10.7 Å². The SMILES string of the molecule is CCN1CCCC1CN=C(N)NCCCc1ccc(N(C)C)cc1. The van der Waals surface area contributed by atoms with Crippen LogP contribution in [-0.4, -0.2) is 57.2 Å². The van der Waals surface area contributed by atoms with Gasteiger partial charge in [0.2, 0.25) is 0 Å². The molecule has 134 valence electrons. The second-order valence-electron chi connectivity index (χ2n) is 6.74. The topological polar surface area (TPSA) is 56.9 Å². The average Bonchev–Trinajstić information content (AvgIpc) is 3.05. The van der Waals surface area contributed by atoms with E-state index in [4.69, 9.17) is 5.73 Å². The van der Waals surface area contributed by atoms with Crippen LogP contribution in [0.2, 0.25) is 0 Å². The van der Waals surface area contributed by atoms with Crippen LogP contribution in [0.25, 0.3) is 0 Å². The van der Waals surface area contributed by atoms with Gasteiger partial charge in [0, 0.05) is 32.4 Å². The largest absolute Gasteiger partial charge is 0.378 e. The molecule has 0 radical (unpaired) electrons. The monoisotopic (exact) mass is 331 g/mol. The van der Waals surface area contributed by atoms with E-state index in [9.17, 15) is 0 Å². The van der Waals surface area contributed by atoms with Crippen molar-refractivity contribution in [3.63, 3.8) is 0 Å². The van der Waals surface area contributed by atoms with Crippen molar-refractivity contribution in [1.82, 2.24) is 10.2 Å². The quantitative estimate of drug-likeness (QED) is 0.435. The van der Waals surface area contributed by atoms with Crippen LogP contribution >= 0.6 is 0 Å². The Morgan fingerprint density at radius 1 is 1.33 bits per heavy atom. The fourth-order valence-electron chi connectivity index (χ4n) is 3.25. The van der Waals surface area contributed by atoms with Crippen molar-refractivity contribution < 1.29 is 0 Å². The molecule has 0 aliphatic carbocycles. The Bertz CT molecular complexity index is 509. The van der Waals surface area contributed by atoms with Gasteiger partial charge in [0.1, 0.15) is 0 Å². The van der Waals surface area contributed by atoms with Crippen LogP contribution in [-0.2, 0) is 6.42 Å². The normalized spacial score (nSPS) is 18.8. The summed E-state index contributed by atoms with van der Waals surface area (Å²) in [5.74, 6) is 0.584. The van der Waals surface area contributed by atoms with E-state index in [0.717, 1.165) is 32.5 Å². The highest BCUT2D eigenvalue weighted by molar-refractivity contribution is 5.77. The van der Waals surface area contributed by atoms with Gasteiger partial charge in [-0.3, -0.25) is 9.89 Å². The van der Waals surface area contributed by atoms with E-state index in [-0.39, 0.29) is 0 Å². The number of nitrogens with one attached hydrogen (secondary N) is 1. The molecule has 2 rings (SSSR count). The molecule has 1 aromatic carbocycles. The van der Waals surface area contributed by atoms with Gasteiger partial charge in [0.05, 0.1) is 6.54 Å². The fourth-order valence-corrected chi connectivity index (χ4v) is 3.25. The molecule has 0 aromatic heterocycles. The minimum Gasteiger partial charge on any atom is -0.378 e.